The van der Waals surface area contributed by atoms with E-state index in [1.807, 2.05) is 0 Å². The fourth-order valence-corrected chi connectivity index (χ4v) is 0. The second-order valence-electron chi connectivity index (χ2n) is 0. The van der Waals surface area contributed by atoms with Gasteiger partial charge < -0.3 is 54.8 Å². The molecule has 0 aromatic carbocycles. The van der Waals surface area contributed by atoms with Gasteiger partial charge in [-0.3, -0.25) is 0 Å². The molecule has 0 atom stereocenters. The van der Waals surface area contributed by atoms with Crippen LogP contribution in [-0.2, 0) is 0 Å². The first-order valence-corrected chi connectivity index (χ1v) is 0. The molecule has 0 aromatic heterocycles. The Kier molecular flexibility index (Phi) is 1850. The van der Waals surface area contributed by atoms with Crippen molar-refractivity contribution in [2.45, 2.75) is 0 Å². The summed E-state index contributed by atoms with van der Waals surface area (Å²) in [5.74, 6) is 0. The van der Waals surface area contributed by atoms with Crippen LogP contribution in [0.4, 0.5) is 0 Å². The monoisotopic (exact) mass is 380 g/mol. The van der Waals surface area contributed by atoms with E-state index >= 15 is 0 Å². The van der Waals surface area contributed by atoms with Crippen molar-refractivity contribution >= 4 is 257 Å². The van der Waals surface area contributed by atoms with Gasteiger partial charge in [0.1, 0.15) is 0 Å². The fourth-order valence-electron chi connectivity index (χ4n) is 0. The number of rotatable bonds is 0. The van der Waals surface area contributed by atoms with Crippen molar-refractivity contribution in [2.24, 2.45) is 0 Å². The maximum atomic E-state index is 0. The van der Waals surface area contributed by atoms with Crippen LogP contribution >= 0.6 is 0 Å². The van der Waals surface area contributed by atoms with Crippen molar-refractivity contribution in [1.29, 1.82) is 0 Å². The van der Waals surface area contributed by atoms with Crippen LogP contribution < -0.4 is 0 Å². The van der Waals surface area contributed by atoms with Gasteiger partial charge in [-0.1, -0.05) is 0 Å². The van der Waals surface area contributed by atoms with Gasteiger partial charge in [0.15, 0.2) is 0 Å². The van der Waals surface area contributed by atoms with Gasteiger partial charge >= 0.3 is 257 Å². The molecule has 0 radical (unpaired) electrons. The van der Waals surface area contributed by atoms with Crippen molar-refractivity contribution in [3.8, 4) is 0 Å². The van der Waals surface area contributed by atoms with Crippen LogP contribution in [0.15, 0.2) is 0 Å². The van der Waals surface area contributed by atoms with Gasteiger partial charge in [0.05, 0.1) is 0 Å². The average Bonchev–Trinajstić information content (AvgIpc) is 0. The van der Waals surface area contributed by atoms with E-state index in [9.17, 15) is 0 Å². The number of hydrogen-bond donors (Lipinski definition) is 0. The first-order chi connectivity index (χ1) is 0. The molecule has 0 aliphatic heterocycles. The topological polar surface area (TPSA) is 315 Å². The molecule has 0 bridgehead atoms. The second kappa shape index (κ2) is 155. The Labute approximate surface area is 301 Å². The summed E-state index contributed by atoms with van der Waals surface area (Å²) in [6.45, 7) is 0. The molecule has 0 aliphatic carbocycles. The normalized spacial score (nSPS) is 0. The van der Waals surface area contributed by atoms with Gasteiger partial charge in [0.25, 0.3) is 0 Å². The van der Waals surface area contributed by atoms with Crippen LogP contribution in [0.2, 0.25) is 0 Å². The van der Waals surface area contributed by atoms with Crippen LogP contribution in [-0.4, -0.2) is 312 Å². The van der Waals surface area contributed by atoms with Crippen molar-refractivity contribution in [3.63, 3.8) is 0 Å². The van der Waals surface area contributed by atoms with Gasteiger partial charge in [-0.15, -0.1) is 0 Å². The summed E-state index contributed by atoms with van der Waals surface area (Å²) in [6, 6.07) is 0. The van der Waals surface area contributed by atoms with Crippen molar-refractivity contribution < 1.29 is 54.8 Å². The molecule has 0 rings (SSSR count). The Bertz CT molecular complexity index is 13.8. The van der Waals surface area contributed by atoms with Crippen LogP contribution in [0.3, 0.4) is 0 Å². The van der Waals surface area contributed by atoms with Gasteiger partial charge in [0.2, 0.25) is 0 Å². The van der Waals surface area contributed by atoms with Crippen LogP contribution in [0.5, 0.6) is 0 Å². The molecule has 0 fully saturated rings. The molecule has 0 saturated heterocycles. The summed E-state index contributed by atoms with van der Waals surface area (Å²) in [7, 11) is 0. The van der Waals surface area contributed by atoms with Gasteiger partial charge in [0, 0.05) is 0 Å². The van der Waals surface area contributed by atoms with Gasteiger partial charge in [-0.25, -0.2) is 0 Å². The minimum atomic E-state index is 0. The summed E-state index contributed by atoms with van der Waals surface area (Å²) in [5.41, 5.74) is 0. The van der Waals surface area contributed by atoms with Crippen molar-refractivity contribution in [2.75, 3.05) is 0 Å². The molecule has 15 heteroatoms. The van der Waals surface area contributed by atoms with E-state index in [0.717, 1.165) is 0 Å². The first-order valence-electron chi connectivity index (χ1n) is 0. The summed E-state index contributed by atoms with van der Waals surface area (Å²) < 4.78 is 0. The van der Waals surface area contributed by atoms with Crippen LogP contribution in [0, 0.1) is 0 Å². The fraction of sp³-hybridized carbons (Fsp3) is 0. The molecule has 0 heterocycles. The molecule has 0 aliphatic rings. The predicted octanol–water partition coefficient (Wildman–Crippen LogP) is -11.5. The molecule has 0 amide bonds. The summed E-state index contributed by atoms with van der Waals surface area (Å²) in [4.78, 5) is 0. The second-order valence-corrected chi connectivity index (χ2v) is 0. The Morgan fingerprint density at radius 1 is 0.133 bits per heavy atom. The molecule has 0 unspecified atom stereocenters. The number of hydrogen-bond acceptors (Lipinski definition) is 0. The van der Waals surface area contributed by atoms with E-state index in [1.165, 1.54) is 0 Å². The zero-order valence-electron chi connectivity index (χ0n) is 5.00. The molecule has 0 spiro atoms. The summed E-state index contributed by atoms with van der Waals surface area (Å²) >= 11 is 0. The van der Waals surface area contributed by atoms with Crippen molar-refractivity contribution in [3.05, 3.63) is 0 Å². The molecule has 90 valence electrons. The molecular formula is H25K5O10. The van der Waals surface area contributed by atoms with E-state index < -0.39 is 0 Å². The first kappa shape index (κ1) is 178. The Morgan fingerprint density at radius 2 is 0.133 bits per heavy atom. The Morgan fingerprint density at radius 3 is 0.133 bits per heavy atom. The van der Waals surface area contributed by atoms with E-state index in [2.05, 4.69) is 0 Å². The quantitative estimate of drug-likeness (QED) is 0.353. The summed E-state index contributed by atoms with van der Waals surface area (Å²) in [6.07, 6.45) is 0. The predicted molar refractivity (Wildman–Crippen MR) is 71.9 cm³/mol. The molecule has 10 nitrogen and oxygen atoms in total. The van der Waals surface area contributed by atoms with Gasteiger partial charge in [-0.2, -0.15) is 0 Å². The van der Waals surface area contributed by atoms with E-state index in [4.69, 9.17) is 0 Å². The van der Waals surface area contributed by atoms with E-state index in [1.54, 1.807) is 0 Å². The summed E-state index contributed by atoms with van der Waals surface area (Å²) in [5, 5.41) is 0. The van der Waals surface area contributed by atoms with Crippen LogP contribution in [0.1, 0.15) is 0 Å². The molecule has 0 saturated carbocycles. The Balaban J connectivity index is 0. The molecule has 20 N–H and O–H groups in total. The van der Waals surface area contributed by atoms with Crippen molar-refractivity contribution in [1.82, 2.24) is 0 Å². The van der Waals surface area contributed by atoms with Gasteiger partial charge in [-0.05, 0) is 0 Å². The molecular weight excluding hydrogens is 355 g/mol. The van der Waals surface area contributed by atoms with E-state index in [-0.39, 0.29) is 312 Å². The third-order valence-corrected chi connectivity index (χ3v) is 0. The van der Waals surface area contributed by atoms with Crippen LogP contribution in [0.25, 0.3) is 0 Å². The third-order valence-electron chi connectivity index (χ3n) is 0. The van der Waals surface area contributed by atoms with E-state index in [0.29, 0.717) is 0 Å². The molecule has 15 heavy (non-hydrogen) atoms. The minimum absolute atomic E-state index is 0. The Hall–Kier alpha value is 7.78. The molecule has 0 aromatic rings. The zero-order chi connectivity index (χ0) is 0. The third kappa shape index (κ3) is 141. The maximum absolute atomic E-state index is 0. The standard InChI is InChI=1S/5K.10H2O.5H/h;;;;;10*1H2;;;;;. The average molecular weight is 381 g/mol. The zero-order valence-corrected chi connectivity index (χ0v) is 5.00. The SMILES string of the molecule is O.O.O.O.O.O.O.O.O.O.[KH].[KH].[KH].[KH].[KH].